The highest BCUT2D eigenvalue weighted by molar-refractivity contribution is 5.32. The molecule has 0 radical (unpaired) electrons. The van der Waals surface area contributed by atoms with E-state index >= 15 is 0 Å². The molecule has 1 aliphatic rings. The molecule has 0 spiro atoms. The largest absolute Gasteiger partial charge is 0.493 e. The molecule has 1 atom stereocenters. The van der Waals surface area contributed by atoms with Gasteiger partial charge in [-0.25, -0.2) is 0 Å². The number of benzene rings is 1. The second-order valence-electron chi connectivity index (χ2n) is 5.79. The molecular weight excluding hydrogens is 236 g/mol. The fraction of sp³-hybridized carbons (Fsp3) is 0.625. The van der Waals surface area contributed by atoms with Crippen molar-refractivity contribution in [1.29, 1.82) is 0 Å². The summed E-state index contributed by atoms with van der Waals surface area (Å²) >= 11 is 0. The lowest BCUT2D eigenvalue weighted by Crippen LogP contribution is -2.45. The van der Waals surface area contributed by atoms with Gasteiger partial charge in [0.1, 0.15) is 5.75 Å². The summed E-state index contributed by atoms with van der Waals surface area (Å²) in [6, 6.07) is 6.41. The third kappa shape index (κ3) is 4.84. The minimum atomic E-state index is 0.568. The second kappa shape index (κ2) is 6.92. The highest BCUT2D eigenvalue weighted by atomic mass is 16.5. The van der Waals surface area contributed by atoms with Crippen LogP contribution in [0.1, 0.15) is 18.1 Å². The smallest absolute Gasteiger partial charge is 0.119 e. The van der Waals surface area contributed by atoms with Crippen molar-refractivity contribution >= 4 is 0 Å². The van der Waals surface area contributed by atoms with E-state index in [4.69, 9.17) is 4.74 Å². The molecule has 0 saturated carbocycles. The topological polar surface area (TPSA) is 24.5 Å². The molecular formula is C16H26N2O. The van der Waals surface area contributed by atoms with Crippen LogP contribution >= 0.6 is 0 Å². The Kier molecular flexibility index (Phi) is 5.23. The molecule has 1 heterocycles. The number of hydrogen-bond donors (Lipinski definition) is 1. The molecule has 106 valence electrons. The van der Waals surface area contributed by atoms with Gasteiger partial charge in [-0.15, -0.1) is 0 Å². The standard InChI is InChI=1S/C16H26N2O/c1-13-8-14(2)10-16(9-13)19-12-15(3)11-18-6-4-17-5-7-18/h8-10,15,17H,4-7,11-12H2,1-3H3. The maximum absolute atomic E-state index is 5.93. The van der Waals surface area contributed by atoms with Gasteiger partial charge in [-0.05, 0) is 37.1 Å². The van der Waals surface area contributed by atoms with Gasteiger partial charge in [0.15, 0.2) is 0 Å². The number of hydrogen-bond acceptors (Lipinski definition) is 3. The zero-order chi connectivity index (χ0) is 13.7. The van der Waals surface area contributed by atoms with Gasteiger partial charge in [-0.2, -0.15) is 0 Å². The molecule has 1 aliphatic heterocycles. The Morgan fingerprint density at radius 2 is 1.79 bits per heavy atom. The third-order valence-corrected chi connectivity index (χ3v) is 3.51. The summed E-state index contributed by atoms with van der Waals surface area (Å²) in [6.45, 7) is 13.0. The average molecular weight is 262 g/mol. The molecule has 0 aliphatic carbocycles. The first-order chi connectivity index (χ1) is 9.13. The first-order valence-corrected chi connectivity index (χ1v) is 7.27. The van der Waals surface area contributed by atoms with Gasteiger partial charge in [0, 0.05) is 38.6 Å². The van der Waals surface area contributed by atoms with Crippen LogP contribution in [0.2, 0.25) is 0 Å². The Labute approximate surface area is 116 Å². The second-order valence-corrected chi connectivity index (χ2v) is 5.79. The van der Waals surface area contributed by atoms with Gasteiger partial charge in [0.2, 0.25) is 0 Å². The summed E-state index contributed by atoms with van der Waals surface area (Å²) in [5, 5.41) is 3.39. The number of rotatable bonds is 5. The molecule has 0 bridgehead atoms. The van der Waals surface area contributed by atoms with Crippen molar-refractivity contribution < 1.29 is 4.74 Å². The molecule has 0 aromatic heterocycles. The lowest BCUT2D eigenvalue weighted by molar-refractivity contribution is 0.171. The molecule has 19 heavy (non-hydrogen) atoms. The van der Waals surface area contributed by atoms with Crippen molar-refractivity contribution in [3.63, 3.8) is 0 Å². The molecule has 1 aromatic rings. The summed E-state index contributed by atoms with van der Waals surface area (Å²) in [5.74, 6) is 1.57. The van der Waals surface area contributed by atoms with Crippen LogP contribution in [0.5, 0.6) is 5.75 Å². The summed E-state index contributed by atoms with van der Waals surface area (Å²) < 4.78 is 5.93. The van der Waals surface area contributed by atoms with Crippen molar-refractivity contribution in [3.8, 4) is 5.75 Å². The zero-order valence-electron chi connectivity index (χ0n) is 12.4. The lowest BCUT2D eigenvalue weighted by atomic mass is 10.1. The minimum absolute atomic E-state index is 0.568. The number of ether oxygens (including phenoxy) is 1. The molecule has 1 fully saturated rings. The van der Waals surface area contributed by atoms with Crippen LogP contribution in [0.25, 0.3) is 0 Å². The molecule has 2 rings (SSSR count). The van der Waals surface area contributed by atoms with E-state index in [1.54, 1.807) is 0 Å². The van der Waals surface area contributed by atoms with Crippen LogP contribution in [-0.4, -0.2) is 44.2 Å². The van der Waals surface area contributed by atoms with Crippen molar-refractivity contribution in [2.75, 3.05) is 39.3 Å². The Bertz CT molecular complexity index is 379. The minimum Gasteiger partial charge on any atom is -0.493 e. The third-order valence-electron chi connectivity index (χ3n) is 3.51. The quantitative estimate of drug-likeness (QED) is 0.880. The van der Waals surface area contributed by atoms with E-state index in [1.165, 1.54) is 11.1 Å². The van der Waals surface area contributed by atoms with Gasteiger partial charge >= 0.3 is 0 Å². The lowest BCUT2D eigenvalue weighted by Gasteiger charge is -2.29. The molecule has 1 unspecified atom stereocenters. The first kappa shape index (κ1) is 14.4. The fourth-order valence-electron chi connectivity index (χ4n) is 2.64. The number of piperazine rings is 1. The molecule has 1 aromatic carbocycles. The molecule has 1 saturated heterocycles. The van der Waals surface area contributed by atoms with Gasteiger partial charge in [0.25, 0.3) is 0 Å². The summed E-state index contributed by atoms with van der Waals surface area (Å²) in [5.41, 5.74) is 2.54. The van der Waals surface area contributed by atoms with Crippen LogP contribution < -0.4 is 10.1 Å². The average Bonchev–Trinajstić information content (AvgIpc) is 2.36. The van der Waals surface area contributed by atoms with Gasteiger partial charge in [0.05, 0.1) is 6.61 Å². The van der Waals surface area contributed by atoms with Gasteiger partial charge < -0.3 is 15.0 Å². The van der Waals surface area contributed by atoms with Crippen molar-refractivity contribution in [1.82, 2.24) is 10.2 Å². The number of aryl methyl sites for hydroxylation is 2. The van der Waals surface area contributed by atoms with E-state index < -0.39 is 0 Å². The number of nitrogens with one attached hydrogen (secondary N) is 1. The molecule has 1 N–H and O–H groups in total. The highest BCUT2D eigenvalue weighted by Gasteiger charge is 2.13. The maximum Gasteiger partial charge on any atom is 0.119 e. The summed E-state index contributed by atoms with van der Waals surface area (Å²) in [6.07, 6.45) is 0. The van der Waals surface area contributed by atoms with E-state index in [-0.39, 0.29) is 0 Å². The Morgan fingerprint density at radius 1 is 1.16 bits per heavy atom. The first-order valence-electron chi connectivity index (χ1n) is 7.27. The summed E-state index contributed by atoms with van der Waals surface area (Å²) in [4.78, 5) is 2.52. The molecule has 3 nitrogen and oxygen atoms in total. The van der Waals surface area contributed by atoms with Gasteiger partial charge in [-0.3, -0.25) is 0 Å². The zero-order valence-corrected chi connectivity index (χ0v) is 12.4. The van der Waals surface area contributed by atoms with Crippen molar-refractivity contribution in [2.24, 2.45) is 5.92 Å². The van der Waals surface area contributed by atoms with Crippen LogP contribution in [0.3, 0.4) is 0 Å². The van der Waals surface area contributed by atoms with Crippen molar-refractivity contribution in [2.45, 2.75) is 20.8 Å². The predicted molar refractivity (Wildman–Crippen MR) is 79.9 cm³/mol. The van der Waals surface area contributed by atoms with Crippen LogP contribution in [0.15, 0.2) is 18.2 Å². The van der Waals surface area contributed by atoms with E-state index in [0.717, 1.165) is 45.1 Å². The van der Waals surface area contributed by atoms with Crippen LogP contribution in [-0.2, 0) is 0 Å². The fourth-order valence-corrected chi connectivity index (χ4v) is 2.64. The number of nitrogens with zero attached hydrogens (tertiary/aromatic N) is 1. The summed E-state index contributed by atoms with van der Waals surface area (Å²) in [7, 11) is 0. The van der Waals surface area contributed by atoms with Crippen LogP contribution in [0.4, 0.5) is 0 Å². The van der Waals surface area contributed by atoms with E-state index in [9.17, 15) is 0 Å². The van der Waals surface area contributed by atoms with E-state index in [2.05, 4.69) is 49.2 Å². The van der Waals surface area contributed by atoms with Crippen LogP contribution in [0, 0.1) is 19.8 Å². The SMILES string of the molecule is Cc1cc(C)cc(OCC(C)CN2CCNCC2)c1. The van der Waals surface area contributed by atoms with E-state index in [1.807, 2.05) is 0 Å². The van der Waals surface area contributed by atoms with E-state index in [0.29, 0.717) is 5.92 Å². The Morgan fingerprint density at radius 3 is 2.42 bits per heavy atom. The Balaban J connectivity index is 1.77. The molecule has 3 heteroatoms. The monoisotopic (exact) mass is 262 g/mol. The predicted octanol–water partition coefficient (Wildman–Crippen LogP) is 2.22. The Hall–Kier alpha value is -1.06. The molecule has 0 amide bonds. The van der Waals surface area contributed by atoms with Gasteiger partial charge in [-0.1, -0.05) is 13.0 Å². The maximum atomic E-state index is 5.93. The van der Waals surface area contributed by atoms with Crippen molar-refractivity contribution in [3.05, 3.63) is 29.3 Å². The highest BCUT2D eigenvalue weighted by Crippen LogP contribution is 2.17. The normalized spacial score (nSPS) is 18.3.